The molecule has 5 heteroatoms. The summed E-state index contributed by atoms with van der Waals surface area (Å²) in [6.07, 6.45) is 3.11. The third kappa shape index (κ3) is 2.26. The molecule has 5 nitrogen and oxygen atoms in total. The summed E-state index contributed by atoms with van der Waals surface area (Å²) < 4.78 is 0. The highest BCUT2D eigenvalue weighted by Crippen LogP contribution is 2.56. The summed E-state index contributed by atoms with van der Waals surface area (Å²) in [7, 11) is 0. The summed E-state index contributed by atoms with van der Waals surface area (Å²) >= 11 is 0. The van der Waals surface area contributed by atoms with E-state index in [9.17, 15) is 14.4 Å². The molecule has 126 valence electrons. The number of benzene rings is 1. The molecule has 2 aliphatic carbocycles. The second kappa shape index (κ2) is 5.43. The first-order valence-corrected chi connectivity index (χ1v) is 8.68. The highest BCUT2D eigenvalue weighted by molar-refractivity contribution is 6.09. The smallest absolute Gasteiger partial charge is 0.244 e. The van der Waals surface area contributed by atoms with Gasteiger partial charge in [-0.2, -0.15) is 0 Å². The number of nitrogens with one attached hydrogen (secondary N) is 1. The van der Waals surface area contributed by atoms with Crippen LogP contribution in [0, 0.1) is 37.5 Å². The lowest BCUT2D eigenvalue weighted by molar-refractivity contribution is -0.143. The second-order valence-electron chi connectivity index (χ2n) is 7.49. The fourth-order valence-corrected chi connectivity index (χ4v) is 4.79. The number of anilines is 1. The van der Waals surface area contributed by atoms with Gasteiger partial charge in [-0.1, -0.05) is 6.07 Å². The van der Waals surface area contributed by atoms with Gasteiger partial charge in [-0.3, -0.25) is 19.3 Å². The summed E-state index contributed by atoms with van der Waals surface area (Å²) in [6.45, 7) is 3.82. The van der Waals surface area contributed by atoms with Crippen molar-refractivity contribution in [3.63, 3.8) is 0 Å². The van der Waals surface area contributed by atoms with E-state index in [0.29, 0.717) is 17.5 Å². The van der Waals surface area contributed by atoms with Gasteiger partial charge in [-0.05, 0) is 68.2 Å². The van der Waals surface area contributed by atoms with Gasteiger partial charge in [-0.15, -0.1) is 0 Å². The number of hydrogen-bond donors (Lipinski definition) is 1. The van der Waals surface area contributed by atoms with Crippen LogP contribution in [0.2, 0.25) is 0 Å². The maximum absolute atomic E-state index is 12.6. The summed E-state index contributed by atoms with van der Waals surface area (Å²) in [6, 6.07) is 5.68. The van der Waals surface area contributed by atoms with E-state index in [0.717, 1.165) is 30.4 Å². The first kappa shape index (κ1) is 15.4. The molecule has 3 aliphatic rings. The number of imide groups is 1. The Hall–Kier alpha value is -2.17. The zero-order valence-electron chi connectivity index (χ0n) is 14.0. The maximum atomic E-state index is 12.6. The largest absolute Gasteiger partial charge is 0.325 e. The molecule has 24 heavy (non-hydrogen) atoms. The Balaban J connectivity index is 1.45. The van der Waals surface area contributed by atoms with E-state index in [1.807, 2.05) is 32.0 Å². The van der Waals surface area contributed by atoms with Gasteiger partial charge in [0.05, 0.1) is 11.8 Å². The Bertz CT molecular complexity index is 714. The van der Waals surface area contributed by atoms with Crippen molar-refractivity contribution in [1.29, 1.82) is 0 Å². The van der Waals surface area contributed by atoms with Crippen LogP contribution in [-0.4, -0.2) is 29.2 Å². The molecule has 1 aliphatic heterocycles. The minimum absolute atomic E-state index is 0.132. The van der Waals surface area contributed by atoms with Crippen molar-refractivity contribution in [3.8, 4) is 0 Å². The molecule has 1 aromatic rings. The topological polar surface area (TPSA) is 66.5 Å². The van der Waals surface area contributed by atoms with Crippen molar-refractivity contribution in [2.24, 2.45) is 23.7 Å². The normalized spacial score (nSPS) is 30.8. The number of carbonyl (C=O) groups excluding carboxylic acids is 3. The van der Waals surface area contributed by atoms with Crippen LogP contribution in [0.1, 0.15) is 30.4 Å². The lowest BCUT2D eigenvalue weighted by Crippen LogP contribution is -2.39. The number of fused-ring (bicyclic) bond motifs is 5. The molecular weight excluding hydrogens is 304 g/mol. The molecule has 4 rings (SSSR count). The van der Waals surface area contributed by atoms with Crippen LogP contribution < -0.4 is 5.32 Å². The van der Waals surface area contributed by atoms with Crippen LogP contribution in [0.3, 0.4) is 0 Å². The van der Waals surface area contributed by atoms with Crippen molar-refractivity contribution < 1.29 is 14.4 Å². The molecule has 1 N–H and O–H groups in total. The van der Waals surface area contributed by atoms with Gasteiger partial charge in [0.1, 0.15) is 6.54 Å². The molecule has 2 saturated carbocycles. The summed E-state index contributed by atoms with van der Waals surface area (Å²) in [4.78, 5) is 38.7. The van der Waals surface area contributed by atoms with E-state index in [1.54, 1.807) is 0 Å². The average Bonchev–Trinajstić information content (AvgIpc) is 3.21. The minimum atomic E-state index is -0.313. The Morgan fingerprint density at radius 3 is 2.29 bits per heavy atom. The molecule has 2 bridgehead atoms. The Morgan fingerprint density at radius 1 is 1.08 bits per heavy atom. The first-order chi connectivity index (χ1) is 11.5. The number of carbonyl (C=O) groups is 3. The van der Waals surface area contributed by atoms with Gasteiger partial charge >= 0.3 is 0 Å². The summed E-state index contributed by atoms with van der Waals surface area (Å²) in [5.41, 5.74) is 2.94. The molecule has 3 fully saturated rings. The lowest BCUT2D eigenvalue weighted by Gasteiger charge is -2.19. The van der Waals surface area contributed by atoms with Gasteiger partial charge in [0.2, 0.25) is 17.7 Å². The molecule has 0 aromatic heterocycles. The van der Waals surface area contributed by atoms with E-state index in [1.165, 1.54) is 4.90 Å². The molecule has 3 amide bonds. The number of amides is 3. The third-order valence-electron chi connectivity index (χ3n) is 6.11. The Kier molecular flexibility index (Phi) is 3.48. The van der Waals surface area contributed by atoms with Crippen LogP contribution in [0.15, 0.2) is 18.2 Å². The van der Waals surface area contributed by atoms with E-state index in [2.05, 4.69) is 5.32 Å². The van der Waals surface area contributed by atoms with Crippen molar-refractivity contribution in [2.75, 3.05) is 11.9 Å². The predicted molar refractivity (Wildman–Crippen MR) is 89.1 cm³/mol. The van der Waals surface area contributed by atoms with Crippen molar-refractivity contribution in [3.05, 3.63) is 29.3 Å². The van der Waals surface area contributed by atoms with Crippen LogP contribution in [-0.2, 0) is 14.4 Å². The highest BCUT2D eigenvalue weighted by atomic mass is 16.2. The van der Waals surface area contributed by atoms with Crippen molar-refractivity contribution >= 4 is 23.4 Å². The molecule has 0 unspecified atom stereocenters. The van der Waals surface area contributed by atoms with Crippen LogP contribution in [0.25, 0.3) is 0 Å². The molecule has 0 radical (unpaired) electrons. The monoisotopic (exact) mass is 326 g/mol. The molecule has 1 aromatic carbocycles. The molecule has 1 heterocycles. The average molecular weight is 326 g/mol. The molecule has 0 spiro atoms. The van der Waals surface area contributed by atoms with Gasteiger partial charge in [0, 0.05) is 5.69 Å². The number of aryl methyl sites for hydroxylation is 2. The zero-order valence-corrected chi connectivity index (χ0v) is 14.0. The second-order valence-corrected chi connectivity index (χ2v) is 7.49. The SMILES string of the molecule is Cc1ccc(NC(=O)CN2C(=O)[C@@H]3[C@H]4CC[C@@H](C4)[C@H]3C2=O)cc1C. The first-order valence-electron chi connectivity index (χ1n) is 8.68. The highest BCUT2D eigenvalue weighted by Gasteiger charge is 2.60. The van der Waals surface area contributed by atoms with Crippen LogP contribution >= 0.6 is 0 Å². The number of nitrogens with zero attached hydrogens (tertiary/aromatic N) is 1. The maximum Gasteiger partial charge on any atom is 0.244 e. The van der Waals surface area contributed by atoms with E-state index < -0.39 is 0 Å². The van der Waals surface area contributed by atoms with Gasteiger partial charge in [0.25, 0.3) is 0 Å². The number of hydrogen-bond acceptors (Lipinski definition) is 3. The quantitative estimate of drug-likeness (QED) is 0.867. The minimum Gasteiger partial charge on any atom is -0.325 e. The van der Waals surface area contributed by atoms with Crippen molar-refractivity contribution in [2.45, 2.75) is 33.1 Å². The summed E-state index contributed by atoms with van der Waals surface area (Å²) in [5.74, 6) is -0.197. The molecule has 4 atom stereocenters. The lowest BCUT2D eigenvalue weighted by atomic mass is 9.81. The van der Waals surface area contributed by atoms with Crippen molar-refractivity contribution in [1.82, 2.24) is 4.90 Å². The predicted octanol–water partition coefficient (Wildman–Crippen LogP) is 2.27. The van der Waals surface area contributed by atoms with Gasteiger partial charge in [0.15, 0.2) is 0 Å². The fraction of sp³-hybridized carbons (Fsp3) is 0.526. The van der Waals surface area contributed by atoms with Gasteiger partial charge < -0.3 is 5.32 Å². The standard InChI is InChI=1S/C19H22N2O3/c1-10-3-6-14(7-11(10)2)20-15(22)9-21-18(23)16-12-4-5-13(8-12)17(16)19(21)24/h3,6-7,12-13,16-17H,4-5,8-9H2,1-2H3,(H,20,22)/t12-,13-,16+,17+/m0/s1. The summed E-state index contributed by atoms with van der Waals surface area (Å²) in [5, 5.41) is 2.80. The van der Waals surface area contributed by atoms with Gasteiger partial charge in [-0.25, -0.2) is 0 Å². The Morgan fingerprint density at radius 2 is 1.71 bits per heavy atom. The third-order valence-corrected chi connectivity index (χ3v) is 6.11. The van der Waals surface area contributed by atoms with E-state index >= 15 is 0 Å². The fourth-order valence-electron chi connectivity index (χ4n) is 4.79. The zero-order chi connectivity index (χ0) is 17.0. The van der Waals surface area contributed by atoms with E-state index in [-0.39, 0.29) is 36.1 Å². The van der Waals surface area contributed by atoms with E-state index in [4.69, 9.17) is 0 Å². The van der Waals surface area contributed by atoms with Crippen LogP contribution in [0.4, 0.5) is 5.69 Å². The molecular formula is C19H22N2O3. The Labute approximate surface area is 141 Å². The number of likely N-dealkylation sites (tertiary alicyclic amines) is 1. The molecule has 1 saturated heterocycles. The number of rotatable bonds is 3. The van der Waals surface area contributed by atoms with Crippen LogP contribution in [0.5, 0.6) is 0 Å².